The van der Waals surface area contributed by atoms with Crippen LogP contribution in [0, 0.1) is 0 Å². The number of aryl methyl sites for hydroxylation is 1. The maximum atomic E-state index is 13.0. The average molecular weight is 486 g/mol. The summed E-state index contributed by atoms with van der Waals surface area (Å²) in [6.07, 6.45) is 2.78. The standard InChI is InChI=1S/C24H27N3O6S/c1-3-27-21-12-11-19(34(30,31)26-13-5-4-6-14-26)15-20(21)25-22(27)16-33-24(29)18-9-7-17(8-10-18)23(28)32-2/h7-12,15H,3-6,13-14,16H2,1-2H3. The van der Waals surface area contributed by atoms with Crippen LogP contribution in [-0.4, -0.2) is 54.4 Å². The summed E-state index contributed by atoms with van der Waals surface area (Å²) in [5, 5.41) is 0. The molecule has 0 spiro atoms. The molecule has 0 unspecified atom stereocenters. The number of carbonyl (C=O) groups is 2. The van der Waals surface area contributed by atoms with Crippen LogP contribution in [0.3, 0.4) is 0 Å². The average Bonchev–Trinajstić information content (AvgIpc) is 3.24. The number of aromatic nitrogens is 2. The van der Waals surface area contributed by atoms with Gasteiger partial charge in [0.1, 0.15) is 12.4 Å². The molecule has 0 aliphatic carbocycles. The molecular formula is C24H27N3O6S. The number of methoxy groups -OCH3 is 1. The third-order valence-electron chi connectivity index (χ3n) is 5.94. The van der Waals surface area contributed by atoms with Gasteiger partial charge in [-0.3, -0.25) is 0 Å². The monoisotopic (exact) mass is 485 g/mol. The molecule has 2 heterocycles. The van der Waals surface area contributed by atoms with Crippen molar-refractivity contribution in [2.45, 2.75) is 44.2 Å². The fourth-order valence-electron chi connectivity index (χ4n) is 4.11. The molecule has 2 aromatic carbocycles. The SMILES string of the molecule is CCn1c(COC(=O)c2ccc(C(=O)OC)cc2)nc2cc(S(=O)(=O)N3CCCCC3)ccc21. The maximum Gasteiger partial charge on any atom is 0.338 e. The van der Waals surface area contributed by atoms with Gasteiger partial charge >= 0.3 is 11.9 Å². The molecule has 1 aliphatic rings. The molecule has 0 saturated carbocycles. The van der Waals surface area contributed by atoms with Crippen LogP contribution >= 0.6 is 0 Å². The topological polar surface area (TPSA) is 108 Å². The molecule has 1 saturated heterocycles. The number of rotatable bonds is 7. The zero-order chi connectivity index (χ0) is 24.3. The van der Waals surface area contributed by atoms with Crippen molar-refractivity contribution in [3.63, 3.8) is 0 Å². The van der Waals surface area contributed by atoms with Gasteiger partial charge < -0.3 is 14.0 Å². The number of esters is 2. The normalized spacial score (nSPS) is 14.8. The van der Waals surface area contributed by atoms with Crippen molar-refractivity contribution >= 4 is 33.0 Å². The van der Waals surface area contributed by atoms with Crippen molar-refractivity contribution in [3.8, 4) is 0 Å². The van der Waals surface area contributed by atoms with E-state index in [0.717, 1.165) is 24.8 Å². The van der Waals surface area contributed by atoms with Gasteiger partial charge in [0.2, 0.25) is 10.0 Å². The van der Waals surface area contributed by atoms with E-state index in [1.807, 2.05) is 11.5 Å². The molecule has 34 heavy (non-hydrogen) atoms. The fraction of sp³-hybridized carbons (Fsp3) is 0.375. The molecule has 0 atom stereocenters. The first-order chi connectivity index (χ1) is 16.3. The Morgan fingerprint density at radius 2 is 1.62 bits per heavy atom. The first-order valence-corrected chi connectivity index (χ1v) is 12.6. The Bertz CT molecular complexity index is 1310. The van der Waals surface area contributed by atoms with Crippen LogP contribution in [0.25, 0.3) is 11.0 Å². The summed E-state index contributed by atoms with van der Waals surface area (Å²) in [6, 6.07) is 10.9. The number of benzene rings is 2. The highest BCUT2D eigenvalue weighted by atomic mass is 32.2. The molecule has 0 N–H and O–H groups in total. The van der Waals surface area contributed by atoms with Crippen molar-refractivity contribution in [3.05, 3.63) is 59.4 Å². The predicted octanol–water partition coefficient (Wildman–Crippen LogP) is 3.37. The summed E-state index contributed by atoms with van der Waals surface area (Å²) in [5.74, 6) is -0.526. The Hall–Kier alpha value is -3.24. The molecule has 0 amide bonds. The van der Waals surface area contributed by atoms with Gasteiger partial charge in [-0.25, -0.2) is 23.0 Å². The number of hydrogen-bond donors (Lipinski definition) is 0. The number of carbonyl (C=O) groups excluding carboxylic acids is 2. The first kappa shape index (κ1) is 23.9. The first-order valence-electron chi connectivity index (χ1n) is 11.2. The van der Waals surface area contributed by atoms with Crippen molar-refractivity contribution in [2.75, 3.05) is 20.2 Å². The molecule has 180 valence electrons. The Morgan fingerprint density at radius 1 is 0.971 bits per heavy atom. The lowest BCUT2D eigenvalue weighted by Gasteiger charge is -2.25. The van der Waals surface area contributed by atoms with Gasteiger partial charge in [0.05, 0.1) is 34.2 Å². The lowest BCUT2D eigenvalue weighted by Crippen LogP contribution is -2.35. The largest absolute Gasteiger partial charge is 0.465 e. The van der Waals surface area contributed by atoms with Crippen LogP contribution in [0.2, 0.25) is 0 Å². The molecule has 1 fully saturated rings. The zero-order valence-corrected chi connectivity index (χ0v) is 20.0. The van der Waals surface area contributed by atoms with Gasteiger partial charge in [0.15, 0.2) is 0 Å². The second-order valence-corrected chi connectivity index (χ2v) is 9.97. The lowest BCUT2D eigenvalue weighted by atomic mass is 10.1. The molecule has 1 aromatic heterocycles. The van der Waals surface area contributed by atoms with Crippen LogP contribution in [0.4, 0.5) is 0 Å². The summed E-state index contributed by atoms with van der Waals surface area (Å²) in [4.78, 5) is 28.8. The minimum Gasteiger partial charge on any atom is -0.465 e. The number of sulfonamides is 1. The summed E-state index contributed by atoms with van der Waals surface area (Å²) in [7, 11) is -2.28. The summed E-state index contributed by atoms with van der Waals surface area (Å²) < 4.78 is 39.6. The highest BCUT2D eigenvalue weighted by Gasteiger charge is 2.26. The van der Waals surface area contributed by atoms with E-state index in [9.17, 15) is 18.0 Å². The van der Waals surface area contributed by atoms with E-state index in [4.69, 9.17) is 4.74 Å². The fourth-order valence-corrected chi connectivity index (χ4v) is 5.65. The molecule has 4 rings (SSSR count). The van der Waals surface area contributed by atoms with Crippen LogP contribution in [0.5, 0.6) is 0 Å². The zero-order valence-electron chi connectivity index (χ0n) is 19.2. The number of hydrogen-bond acceptors (Lipinski definition) is 7. The number of imidazole rings is 1. The maximum absolute atomic E-state index is 13.0. The second kappa shape index (κ2) is 9.94. The predicted molar refractivity (Wildman–Crippen MR) is 125 cm³/mol. The van der Waals surface area contributed by atoms with Gasteiger partial charge in [-0.15, -0.1) is 0 Å². The van der Waals surface area contributed by atoms with Crippen molar-refractivity contribution in [1.82, 2.24) is 13.9 Å². The Kier molecular flexibility index (Phi) is 6.99. The van der Waals surface area contributed by atoms with E-state index in [2.05, 4.69) is 9.72 Å². The summed E-state index contributed by atoms with van der Waals surface area (Å²) >= 11 is 0. The van der Waals surface area contributed by atoms with Gasteiger partial charge in [-0.05, 0) is 62.2 Å². The van der Waals surface area contributed by atoms with Gasteiger partial charge in [-0.1, -0.05) is 6.42 Å². The van der Waals surface area contributed by atoms with Gasteiger partial charge in [0, 0.05) is 19.6 Å². The number of piperidine rings is 1. The molecular weight excluding hydrogens is 458 g/mol. The van der Waals surface area contributed by atoms with Crippen molar-refractivity contribution < 1.29 is 27.5 Å². The molecule has 1 aliphatic heterocycles. The van der Waals surface area contributed by atoms with Crippen LogP contribution in [0.15, 0.2) is 47.4 Å². The third kappa shape index (κ3) is 4.69. The van der Waals surface area contributed by atoms with Crippen LogP contribution in [-0.2, 0) is 32.6 Å². The van der Waals surface area contributed by atoms with Gasteiger partial charge in [-0.2, -0.15) is 4.31 Å². The van der Waals surface area contributed by atoms with E-state index in [1.54, 1.807) is 18.2 Å². The van der Waals surface area contributed by atoms with E-state index < -0.39 is 22.0 Å². The highest BCUT2D eigenvalue weighted by molar-refractivity contribution is 7.89. The van der Waals surface area contributed by atoms with Gasteiger partial charge in [0.25, 0.3) is 0 Å². The Labute approximate surface area is 198 Å². The van der Waals surface area contributed by atoms with E-state index in [-0.39, 0.29) is 11.5 Å². The highest BCUT2D eigenvalue weighted by Crippen LogP contribution is 2.25. The minimum absolute atomic E-state index is 0.0751. The van der Waals surface area contributed by atoms with Crippen LogP contribution < -0.4 is 0 Å². The number of fused-ring (bicyclic) bond motifs is 1. The molecule has 3 aromatic rings. The Balaban J connectivity index is 1.53. The van der Waals surface area contributed by atoms with E-state index in [1.165, 1.54) is 35.7 Å². The summed E-state index contributed by atoms with van der Waals surface area (Å²) in [5.41, 5.74) is 1.94. The third-order valence-corrected chi connectivity index (χ3v) is 7.84. The van der Waals surface area contributed by atoms with Crippen molar-refractivity contribution in [2.24, 2.45) is 0 Å². The lowest BCUT2D eigenvalue weighted by molar-refractivity contribution is 0.0457. The molecule has 9 nitrogen and oxygen atoms in total. The molecule has 0 radical (unpaired) electrons. The smallest absolute Gasteiger partial charge is 0.338 e. The van der Waals surface area contributed by atoms with E-state index >= 15 is 0 Å². The number of nitrogens with zero attached hydrogens (tertiary/aromatic N) is 3. The van der Waals surface area contributed by atoms with E-state index in [0.29, 0.717) is 42.1 Å². The molecule has 0 bridgehead atoms. The van der Waals surface area contributed by atoms with Crippen molar-refractivity contribution in [1.29, 1.82) is 0 Å². The quantitative estimate of drug-likeness (QED) is 0.472. The minimum atomic E-state index is -3.57. The molecule has 10 heteroatoms. The number of ether oxygens (including phenoxy) is 2. The Morgan fingerprint density at radius 3 is 2.24 bits per heavy atom. The van der Waals surface area contributed by atoms with Crippen LogP contribution in [0.1, 0.15) is 52.7 Å². The summed E-state index contributed by atoms with van der Waals surface area (Å²) in [6.45, 7) is 3.51. The second-order valence-electron chi connectivity index (χ2n) is 8.03.